The number of halogens is 1. The third-order valence-electron chi connectivity index (χ3n) is 3.44. The van der Waals surface area contributed by atoms with Crippen LogP contribution in [-0.2, 0) is 4.79 Å². The van der Waals surface area contributed by atoms with Gasteiger partial charge < -0.3 is 11.1 Å². The Morgan fingerprint density at radius 1 is 1.22 bits per heavy atom. The van der Waals surface area contributed by atoms with E-state index in [9.17, 15) is 9.59 Å². The number of fused-ring (bicyclic) bond motifs is 1. The first-order valence-electron chi connectivity index (χ1n) is 6.83. The molecular formula is C16H13BrN4O2. The normalized spacial score (nSPS) is 14.5. The van der Waals surface area contributed by atoms with Crippen molar-refractivity contribution in [2.24, 2.45) is 10.8 Å². The molecule has 0 radical (unpaired) electrons. The standard InChI is InChI=1S/C16H13BrN4O2/c1-9-7-8-11-12(13(9)17)14(15(22)19-11)20-21(16(18)23)10-5-3-2-4-6-10/h2-8H,1H3,(H2,18,23)(H,19,20,22). The number of hydrazone groups is 1. The lowest BCUT2D eigenvalue weighted by Crippen LogP contribution is -2.33. The van der Waals surface area contributed by atoms with Crippen molar-refractivity contribution in [3.63, 3.8) is 0 Å². The number of primary amides is 1. The Hall–Kier alpha value is -2.67. The van der Waals surface area contributed by atoms with Gasteiger partial charge in [-0.05, 0) is 46.6 Å². The van der Waals surface area contributed by atoms with Crippen molar-refractivity contribution in [1.29, 1.82) is 0 Å². The highest BCUT2D eigenvalue weighted by Crippen LogP contribution is 2.33. The molecule has 2 aromatic carbocycles. The van der Waals surface area contributed by atoms with E-state index in [4.69, 9.17) is 5.73 Å². The molecule has 0 fully saturated rings. The number of hydrogen-bond donors (Lipinski definition) is 2. The summed E-state index contributed by atoms with van der Waals surface area (Å²) in [6.45, 7) is 1.91. The van der Waals surface area contributed by atoms with E-state index in [-0.39, 0.29) is 11.6 Å². The number of rotatable bonds is 2. The summed E-state index contributed by atoms with van der Waals surface area (Å²) in [4.78, 5) is 24.0. The molecule has 1 aliphatic heterocycles. The van der Waals surface area contributed by atoms with Gasteiger partial charge in [-0.1, -0.05) is 24.3 Å². The number of nitrogens with one attached hydrogen (secondary N) is 1. The van der Waals surface area contributed by atoms with E-state index in [0.29, 0.717) is 16.9 Å². The van der Waals surface area contributed by atoms with E-state index in [0.717, 1.165) is 15.0 Å². The number of hydrogen-bond acceptors (Lipinski definition) is 3. The first-order valence-corrected chi connectivity index (χ1v) is 7.62. The summed E-state index contributed by atoms with van der Waals surface area (Å²) in [6, 6.07) is 11.6. The lowest BCUT2D eigenvalue weighted by molar-refractivity contribution is -0.110. The second kappa shape index (κ2) is 5.85. The minimum Gasteiger partial charge on any atom is -0.350 e. The zero-order valence-electron chi connectivity index (χ0n) is 12.2. The summed E-state index contributed by atoms with van der Waals surface area (Å²) < 4.78 is 0.754. The molecular weight excluding hydrogens is 360 g/mol. The molecule has 1 aliphatic rings. The molecule has 1 heterocycles. The van der Waals surface area contributed by atoms with Gasteiger partial charge in [0.05, 0.1) is 11.4 Å². The maximum atomic E-state index is 12.2. The number of para-hydroxylation sites is 1. The molecule has 0 unspecified atom stereocenters. The van der Waals surface area contributed by atoms with Gasteiger partial charge in [0.1, 0.15) is 0 Å². The fourth-order valence-corrected chi connectivity index (χ4v) is 2.84. The average molecular weight is 373 g/mol. The van der Waals surface area contributed by atoms with E-state index in [1.54, 1.807) is 30.3 Å². The van der Waals surface area contributed by atoms with Crippen LogP contribution < -0.4 is 16.1 Å². The third-order valence-corrected chi connectivity index (χ3v) is 4.47. The van der Waals surface area contributed by atoms with Gasteiger partial charge >= 0.3 is 6.03 Å². The number of carbonyl (C=O) groups excluding carboxylic acids is 2. The number of amides is 3. The van der Waals surface area contributed by atoms with Crippen LogP contribution in [0.4, 0.5) is 16.2 Å². The molecule has 0 aromatic heterocycles. The Kier molecular flexibility index (Phi) is 3.87. The molecule has 0 saturated carbocycles. The molecule has 3 rings (SSSR count). The fraction of sp³-hybridized carbons (Fsp3) is 0.0625. The van der Waals surface area contributed by atoms with Crippen LogP contribution in [0.3, 0.4) is 0 Å². The maximum absolute atomic E-state index is 12.2. The molecule has 3 amide bonds. The highest BCUT2D eigenvalue weighted by molar-refractivity contribution is 9.10. The molecule has 0 spiro atoms. The molecule has 0 bridgehead atoms. The number of nitrogens with zero attached hydrogens (tertiary/aromatic N) is 2. The predicted molar refractivity (Wildman–Crippen MR) is 92.6 cm³/mol. The molecule has 7 heteroatoms. The Morgan fingerprint density at radius 2 is 1.91 bits per heavy atom. The molecule has 2 aromatic rings. The molecule has 3 N–H and O–H groups in total. The summed E-state index contributed by atoms with van der Waals surface area (Å²) >= 11 is 3.47. The van der Waals surface area contributed by atoms with Crippen LogP contribution in [0.2, 0.25) is 0 Å². The topological polar surface area (TPSA) is 87.8 Å². The van der Waals surface area contributed by atoms with Gasteiger partial charge in [-0.25, -0.2) is 4.79 Å². The number of anilines is 2. The molecule has 6 nitrogen and oxygen atoms in total. The van der Waals surface area contributed by atoms with Crippen molar-refractivity contribution in [3.05, 3.63) is 58.1 Å². The van der Waals surface area contributed by atoms with Crippen LogP contribution in [0, 0.1) is 6.92 Å². The first kappa shape index (κ1) is 15.2. The van der Waals surface area contributed by atoms with Crippen molar-refractivity contribution >= 4 is 45.0 Å². The number of benzene rings is 2. The zero-order chi connectivity index (χ0) is 16.6. The van der Waals surface area contributed by atoms with Crippen LogP contribution in [-0.4, -0.2) is 17.6 Å². The lowest BCUT2D eigenvalue weighted by Gasteiger charge is -2.15. The van der Waals surface area contributed by atoms with Crippen molar-refractivity contribution in [2.45, 2.75) is 6.92 Å². The first-order chi connectivity index (χ1) is 11.0. The zero-order valence-corrected chi connectivity index (χ0v) is 13.8. The summed E-state index contributed by atoms with van der Waals surface area (Å²) in [6.07, 6.45) is 0. The van der Waals surface area contributed by atoms with Crippen molar-refractivity contribution in [2.75, 3.05) is 10.3 Å². The quantitative estimate of drug-likeness (QED) is 0.793. The molecule has 0 atom stereocenters. The molecule has 23 heavy (non-hydrogen) atoms. The van der Waals surface area contributed by atoms with Gasteiger partial charge in [-0.3, -0.25) is 4.79 Å². The Labute approximate surface area is 141 Å². The smallest absolute Gasteiger partial charge is 0.340 e. The Balaban J connectivity index is 2.14. The molecule has 0 aliphatic carbocycles. The van der Waals surface area contributed by atoms with E-state index in [1.165, 1.54) is 0 Å². The van der Waals surface area contributed by atoms with Crippen LogP contribution in [0.25, 0.3) is 0 Å². The highest BCUT2D eigenvalue weighted by atomic mass is 79.9. The van der Waals surface area contributed by atoms with Crippen molar-refractivity contribution < 1.29 is 9.59 Å². The largest absolute Gasteiger partial charge is 0.350 e. The fourth-order valence-electron chi connectivity index (χ4n) is 2.31. The Bertz CT molecular complexity index is 833. The summed E-state index contributed by atoms with van der Waals surface area (Å²) in [5, 5.41) is 7.95. The van der Waals surface area contributed by atoms with Gasteiger partial charge in [0.25, 0.3) is 5.91 Å². The minimum absolute atomic E-state index is 0.137. The number of carbonyl (C=O) groups is 2. The number of aryl methyl sites for hydroxylation is 1. The second-order valence-corrected chi connectivity index (χ2v) is 5.80. The van der Waals surface area contributed by atoms with Crippen molar-refractivity contribution in [3.8, 4) is 0 Å². The maximum Gasteiger partial charge on any atom is 0.340 e. The summed E-state index contributed by atoms with van der Waals surface area (Å²) in [7, 11) is 0. The van der Waals surface area contributed by atoms with Crippen LogP contribution in [0.1, 0.15) is 11.1 Å². The van der Waals surface area contributed by atoms with E-state index >= 15 is 0 Å². The van der Waals surface area contributed by atoms with E-state index in [1.807, 2.05) is 19.1 Å². The Morgan fingerprint density at radius 3 is 2.57 bits per heavy atom. The van der Waals surface area contributed by atoms with Gasteiger partial charge in [-0.15, -0.1) is 0 Å². The van der Waals surface area contributed by atoms with Crippen LogP contribution in [0.15, 0.2) is 52.0 Å². The summed E-state index contributed by atoms with van der Waals surface area (Å²) in [5.41, 5.74) is 8.26. The van der Waals surface area contributed by atoms with E-state index < -0.39 is 6.03 Å². The van der Waals surface area contributed by atoms with E-state index in [2.05, 4.69) is 26.3 Å². The predicted octanol–water partition coefficient (Wildman–Crippen LogP) is 3.00. The molecule has 0 saturated heterocycles. The highest BCUT2D eigenvalue weighted by Gasteiger charge is 2.30. The van der Waals surface area contributed by atoms with Crippen molar-refractivity contribution in [1.82, 2.24) is 0 Å². The van der Waals surface area contributed by atoms with Gasteiger partial charge in [0.15, 0.2) is 5.71 Å². The van der Waals surface area contributed by atoms with Gasteiger partial charge in [0.2, 0.25) is 0 Å². The number of urea groups is 1. The van der Waals surface area contributed by atoms with Gasteiger partial charge in [0, 0.05) is 10.0 Å². The average Bonchev–Trinajstić information content (AvgIpc) is 2.85. The minimum atomic E-state index is -0.770. The lowest BCUT2D eigenvalue weighted by atomic mass is 10.1. The SMILES string of the molecule is Cc1ccc2c(c1Br)C(=NN(C(N)=O)c1ccccc1)C(=O)N2. The number of nitrogens with two attached hydrogens (primary N) is 1. The van der Waals surface area contributed by atoms with Crippen LogP contribution in [0.5, 0.6) is 0 Å². The monoisotopic (exact) mass is 372 g/mol. The third kappa shape index (κ3) is 2.70. The summed E-state index contributed by atoms with van der Waals surface area (Å²) in [5.74, 6) is -0.381. The second-order valence-electron chi connectivity index (χ2n) is 5.01. The van der Waals surface area contributed by atoms with Gasteiger partial charge in [-0.2, -0.15) is 10.1 Å². The molecule has 116 valence electrons. The van der Waals surface area contributed by atoms with Crippen LogP contribution >= 0.6 is 15.9 Å².